The van der Waals surface area contributed by atoms with Gasteiger partial charge in [0.15, 0.2) is 0 Å². The van der Waals surface area contributed by atoms with E-state index in [2.05, 4.69) is 0 Å². The number of nitrogen functional groups attached to an aromatic ring is 1. The molecule has 2 aromatic rings. The molecule has 0 atom stereocenters. The van der Waals surface area contributed by atoms with E-state index in [-0.39, 0.29) is 11.9 Å². The SMILES string of the molecule is CC(C)Oc1cccc(N(C)Cc2cccc(F)c2)c1N. The summed E-state index contributed by atoms with van der Waals surface area (Å²) in [5.41, 5.74) is 8.55. The fourth-order valence-corrected chi connectivity index (χ4v) is 2.22. The van der Waals surface area contributed by atoms with Crippen molar-refractivity contribution >= 4 is 11.4 Å². The molecule has 3 nitrogen and oxygen atoms in total. The molecule has 0 heterocycles. The van der Waals surface area contributed by atoms with E-state index < -0.39 is 0 Å². The van der Waals surface area contributed by atoms with E-state index >= 15 is 0 Å². The normalized spacial score (nSPS) is 10.7. The van der Waals surface area contributed by atoms with Gasteiger partial charge in [0, 0.05) is 13.6 Å². The van der Waals surface area contributed by atoms with Gasteiger partial charge in [-0.1, -0.05) is 18.2 Å². The molecule has 0 saturated carbocycles. The highest BCUT2D eigenvalue weighted by atomic mass is 19.1. The maximum atomic E-state index is 13.2. The lowest BCUT2D eigenvalue weighted by molar-refractivity contribution is 0.244. The Balaban J connectivity index is 2.21. The van der Waals surface area contributed by atoms with Crippen LogP contribution in [-0.2, 0) is 6.54 Å². The number of hydrogen-bond acceptors (Lipinski definition) is 3. The van der Waals surface area contributed by atoms with Gasteiger partial charge in [0.1, 0.15) is 11.6 Å². The lowest BCUT2D eigenvalue weighted by Gasteiger charge is -2.23. The van der Waals surface area contributed by atoms with Crippen LogP contribution >= 0.6 is 0 Å². The van der Waals surface area contributed by atoms with Gasteiger partial charge in [0.05, 0.1) is 17.5 Å². The highest BCUT2D eigenvalue weighted by Gasteiger charge is 2.11. The fraction of sp³-hybridized carbons (Fsp3) is 0.294. The van der Waals surface area contributed by atoms with Crippen LogP contribution in [-0.4, -0.2) is 13.2 Å². The number of ether oxygens (including phenoxy) is 1. The third kappa shape index (κ3) is 3.88. The molecule has 2 rings (SSSR count). The lowest BCUT2D eigenvalue weighted by Crippen LogP contribution is -2.18. The van der Waals surface area contributed by atoms with Crippen LogP contribution in [0.5, 0.6) is 5.75 Å². The molecule has 0 aliphatic heterocycles. The van der Waals surface area contributed by atoms with E-state index in [9.17, 15) is 4.39 Å². The summed E-state index contributed by atoms with van der Waals surface area (Å²) in [6.07, 6.45) is 0.0658. The highest BCUT2D eigenvalue weighted by Crippen LogP contribution is 2.32. The molecular weight excluding hydrogens is 267 g/mol. The Morgan fingerprint density at radius 1 is 1.19 bits per heavy atom. The first-order chi connectivity index (χ1) is 9.97. The summed E-state index contributed by atoms with van der Waals surface area (Å²) in [4.78, 5) is 1.98. The van der Waals surface area contributed by atoms with Crippen LogP contribution in [0.15, 0.2) is 42.5 Å². The molecule has 0 unspecified atom stereocenters. The van der Waals surface area contributed by atoms with Crippen LogP contribution in [0.3, 0.4) is 0 Å². The smallest absolute Gasteiger partial charge is 0.144 e. The van der Waals surface area contributed by atoms with Gasteiger partial charge in [-0.3, -0.25) is 0 Å². The summed E-state index contributed by atoms with van der Waals surface area (Å²) in [5, 5.41) is 0. The minimum absolute atomic E-state index is 0.0658. The quantitative estimate of drug-likeness (QED) is 0.850. The van der Waals surface area contributed by atoms with E-state index in [1.807, 2.05) is 50.1 Å². The van der Waals surface area contributed by atoms with Gasteiger partial charge in [0.25, 0.3) is 0 Å². The predicted octanol–water partition coefficient (Wildman–Crippen LogP) is 3.83. The van der Waals surface area contributed by atoms with E-state index in [0.717, 1.165) is 11.3 Å². The predicted molar refractivity (Wildman–Crippen MR) is 85.1 cm³/mol. The maximum Gasteiger partial charge on any atom is 0.144 e. The zero-order valence-electron chi connectivity index (χ0n) is 12.6. The Morgan fingerprint density at radius 2 is 1.90 bits per heavy atom. The van der Waals surface area contributed by atoms with Crippen molar-refractivity contribution in [2.75, 3.05) is 17.7 Å². The van der Waals surface area contributed by atoms with Crippen molar-refractivity contribution in [3.63, 3.8) is 0 Å². The molecule has 2 aromatic carbocycles. The molecule has 0 aliphatic rings. The molecule has 0 aromatic heterocycles. The molecule has 0 aliphatic carbocycles. The number of nitrogens with two attached hydrogens (primary N) is 1. The van der Waals surface area contributed by atoms with Crippen molar-refractivity contribution in [1.29, 1.82) is 0 Å². The van der Waals surface area contributed by atoms with E-state index in [1.165, 1.54) is 12.1 Å². The minimum atomic E-state index is -0.231. The molecule has 0 spiro atoms. The molecule has 0 fully saturated rings. The molecule has 0 saturated heterocycles. The molecular formula is C17H21FN2O. The summed E-state index contributed by atoms with van der Waals surface area (Å²) in [5.74, 6) is 0.444. The number of hydrogen-bond donors (Lipinski definition) is 1. The van der Waals surface area contributed by atoms with Crippen molar-refractivity contribution in [3.05, 3.63) is 53.8 Å². The number of halogens is 1. The summed E-state index contributed by atoms with van der Waals surface area (Å²) in [6.45, 7) is 4.50. The summed E-state index contributed by atoms with van der Waals surface area (Å²) in [7, 11) is 1.93. The third-order valence-electron chi connectivity index (χ3n) is 3.13. The van der Waals surface area contributed by atoms with Gasteiger partial charge in [0.2, 0.25) is 0 Å². The Morgan fingerprint density at radius 3 is 2.57 bits per heavy atom. The van der Waals surface area contributed by atoms with Gasteiger partial charge in [-0.15, -0.1) is 0 Å². The summed E-state index contributed by atoms with van der Waals surface area (Å²) < 4.78 is 18.9. The van der Waals surface area contributed by atoms with E-state index in [0.29, 0.717) is 18.0 Å². The topological polar surface area (TPSA) is 38.5 Å². The average molecular weight is 288 g/mol. The first kappa shape index (κ1) is 15.2. The van der Waals surface area contributed by atoms with Crippen molar-refractivity contribution in [1.82, 2.24) is 0 Å². The zero-order valence-corrected chi connectivity index (χ0v) is 12.6. The van der Waals surface area contributed by atoms with E-state index in [4.69, 9.17) is 10.5 Å². The summed E-state index contributed by atoms with van der Waals surface area (Å²) in [6, 6.07) is 12.3. The molecule has 0 bridgehead atoms. The highest BCUT2D eigenvalue weighted by molar-refractivity contribution is 5.73. The Kier molecular flexibility index (Phi) is 4.68. The number of para-hydroxylation sites is 1. The van der Waals surface area contributed by atoms with Crippen LogP contribution in [0, 0.1) is 5.82 Å². The van der Waals surface area contributed by atoms with E-state index in [1.54, 1.807) is 6.07 Å². The lowest BCUT2D eigenvalue weighted by atomic mass is 10.2. The second-order valence-electron chi connectivity index (χ2n) is 5.34. The van der Waals surface area contributed by atoms with Crippen LogP contribution < -0.4 is 15.4 Å². The fourth-order valence-electron chi connectivity index (χ4n) is 2.22. The molecule has 4 heteroatoms. The second kappa shape index (κ2) is 6.48. The van der Waals surface area contributed by atoms with Gasteiger partial charge >= 0.3 is 0 Å². The number of nitrogens with zero attached hydrogens (tertiary/aromatic N) is 1. The standard InChI is InChI=1S/C17H21FN2O/c1-12(2)21-16-9-5-8-15(17(16)19)20(3)11-13-6-4-7-14(18)10-13/h4-10,12H,11,19H2,1-3H3. The first-order valence-corrected chi connectivity index (χ1v) is 6.98. The van der Waals surface area contributed by atoms with Gasteiger partial charge in [-0.25, -0.2) is 4.39 Å². The number of rotatable bonds is 5. The van der Waals surface area contributed by atoms with Crippen molar-refractivity contribution in [2.24, 2.45) is 0 Å². The number of benzene rings is 2. The Hall–Kier alpha value is -2.23. The maximum absolute atomic E-state index is 13.2. The molecule has 2 N–H and O–H groups in total. The minimum Gasteiger partial charge on any atom is -0.489 e. The first-order valence-electron chi connectivity index (χ1n) is 6.98. The Labute approximate surface area is 125 Å². The molecule has 112 valence electrons. The average Bonchev–Trinajstić information content (AvgIpc) is 2.40. The third-order valence-corrected chi connectivity index (χ3v) is 3.13. The van der Waals surface area contributed by atoms with Crippen molar-refractivity contribution in [2.45, 2.75) is 26.5 Å². The van der Waals surface area contributed by atoms with Crippen molar-refractivity contribution < 1.29 is 9.13 Å². The monoisotopic (exact) mass is 288 g/mol. The molecule has 0 amide bonds. The van der Waals surface area contributed by atoms with Gasteiger partial charge in [-0.05, 0) is 43.7 Å². The van der Waals surface area contributed by atoms with Gasteiger partial charge < -0.3 is 15.4 Å². The Bertz CT molecular complexity index is 613. The second-order valence-corrected chi connectivity index (χ2v) is 5.34. The van der Waals surface area contributed by atoms with Crippen LogP contribution in [0.4, 0.5) is 15.8 Å². The number of anilines is 2. The van der Waals surface area contributed by atoms with Crippen LogP contribution in [0.25, 0.3) is 0 Å². The van der Waals surface area contributed by atoms with Gasteiger partial charge in [-0.2, -0.15) is 0 Å². The zero-order chi connectivity index (χ0) is 15.4. The van der Waals surface area contributed by atoms with Crippen LogP contribution in [0.2, 0.25) is 0 Å². The molecule has 21 heavy (non-hydrogen) atoms. The molecule has 0 radical (unpaired) electrons. The largest absolute Gasteiger partial charge is 0.489 e. The summed E-state index contributed by atoms with van der Waals surface area (Å²) >= 11 is 0. The van der Waals surface area contributed by atoms with Crippen molar-refractivity contribution in [3.8, 4) is 5.75 Å². The van der Waals surface area contributed by atoms with Crippen LogP contribution in [0.1, 0.15) is 19.4 Å².